The van der Waals surface area contributed by atoms with E-state index in [2.05, 4.69) is 4.98 Å². The van der Waals surface area contributed by atoms with Crippen molar-refractivity contribution in [1.29, 1.82) is 5.26 Å². The number of nitrogens with one attached hydrogen (secondary N) is 1. The van der Waals surface area contributed by atoms with Crippen molar-refractivity contribution in [3.05, 3.63) is 86.4 Å². The lowest BCUT2D eigenvalue weighted by Gasteiger charge is -2.12. The standard InChI is InChI=1S/C25H15FN2O5/c1-12-21(23(29)22-20(33-12)10-19-15(7-8-32-19)24(22)31-2)18-9-16(17(11-27)25(30)28-18)13-3-5-14(26)6-4-13/h3-10H,1-2H3,(H,28,30). The highest BCUT2D eigenvalue weighted by Gasteiger charge is 2.22. The van der Waals surface area contributed by atoms with Gasteiger partial charge >= 0.3 is 0 Å². The van der Waals surface area contributed by atoms with Crippen molar-refractivity contribution in [3.63, 3.8) is 0 Å². The van der Waals surface area contributed by atoms with E-state index in [-0.39, 0.29) is 39.1 Å². The van der Waals surface area contributed by atoms with Crippen LogP contribution in [-0.2, 0) is 0 Å². The van der Waals surface area contributed by atoms with E-state index in [1.165, 1.54) is 43.7 Å². The molecule has 3 heterocycles. The Kier molecular flexibility index (Phi) is 4.61. The van der Waals surface area contributed by atoms with Gasteiger partial charge in [-0.15, -0.1) is 0 Å². The van der Waals surface area contributed by atoms with Crippen LogP contribution < -0.4 is 15.7 Å². The summed E-state index contributed by atoms with van der Waals surface area (Å²) in [7, 11) is 1.44. The number of pyridine rings is 1. The molecule has 5 aromatic rings. The van der Waals surface area contributed by atoms with Gasteiger partial charge in [-0.3, -0.25) is 9.59 Å². The fraction of sp³-hybridized carbons (Fsp3) is 0.0800. The summed E-state index contributed by atoms with van der Waals surface area (Å²) in [5, 5.41) is 10.3. The van der Waals surface area contributed by atoms with Crippen LogP contribution in [0.5, 0.6) is 5.75 Å². The van der Waals surface area contributed by atoms with Crippen LogP contribution in [-0.4, -0.2) is 12.1 Å². The Bertz CT molecular complexity index is 1720. The van der Waals surface area contributed by atoms with E-state index in [0.717, 1.165) is 0 Å². The largest absolute Gasteiger partial charge is 0.495 e. The van der Waals surface area contributed by atoms with Gasteiger partial charge in [0.15, 0.2) is 0 Å². The minimum Gasteiger partial charge on any atom is -0.495 e. The minimum absolute atomic E-state index is 0.119. The molecule has 0 amide bonds. The Hall–Kier alpha value is -4.64. The summed E-state index contributed by atoms with van der Waals surface area (Å²) >= 11 is 0. The lowest BCUT2D eigenvalue weighted by molar-refractivity contribution is 0.423. The van der Waals surface area contributed by atoms with Gasteiger partial charge in [-0.1, -0.05) is 12.1 Å². The van der Waals surface area contributed by atoms with Crippen molar-refractivity contribution >= 4 is 21.9 Å². The molecule has 0 atom stereocenters. The van der Waals surface area contributed by atoms with Crippen molar-refractivity contribution < 1.29 is 18.0 Å². The second-order valence-corrected chi connectivity index (χ2v) is 7.40. The zero-order chi connectivity index (χ0) is 23.3. The number of methoxy groups -OCH3 is 1. The molecule has 2 aromatic carbocycles. The van der Waals surface area contributed by atoms with Gasteiger partial charge in [-0.25, -0.2) is 4.39 Å². The average Bonchev–Trinajstić information content (AvgIpc) is 3.26. The second kappa shape index (κ2) is 7.50. The molecule has 1 N–H and O–H groups in total. The summed E-state index contributed by atoms with van der Waals surface area (Å²) in [6.45, 7) is 1.60. The van der Waals surface area contributed by atoms with Gasteiger partial charge in [0.05, 0.1) is 30.0 Å². The van der Waals surface area contributed by atoms with Gasteiger partial charge in [0.25, 0.3) is 5.56 Å². The number of nitrogens with zero attached hydrogens (tertiary/aromatic N) is 1. The molecule has 0 aliphatic carbocycles. The number of H-pyrrole nitrogens is 1. The molecule has 3 aromatic heterocycles. The van der Waals surface area contributed by atoms with Crippen molar-refractivity contribution in [3.8, 4) is 34.2 Å². The summed E-state index contributed by atoms with van der Waals surface area (Å²) in [6.07, 6.45) is 1.48. The Morgan fingerprint density at radius 2 is 1.85 bits per heavy atom. The van der Waals surface area contributed by atoms with Crippen LogP contribution in [0.15, 0.2) is 67.2 Å². The second-order valence-electron chi connectivity index (χ2n) is 7.40. The van der Waals surface area contributed by atoms with Crippen LogP contribution in [0.25, 0.3) is 44.3 Å². The monoisotopic (exact) mass is 442 g/mol. The zero-order valence-electron chi connectivity index (χ0n) is 17.5. The molecule has 0 radical (unpaired) electrons. The highest BCUT2D eigenvalue weighted by atomic mass is 19.1. The number of halogens is 1. The fourth-order valence-corrected chi connectivity index (χ4v) is 4.04. The highest BCUT2D eigenvalue weighted by molar-refractivity contribution is 6.02. The highest BCUT2D eigenvalue weighted by Crippen LogP contribution is 2.36. The maximum Gasteiger partial charge on any atom is 0.266 e. The van der Waals surface area contributed by atoms with Gasteiger partial charge in [-0.05, 0) is 36.8 Å². The number of benzene rings is 2. The number of hydrogen-bond donors (Lipinski definition) is 1. The lowest BCUT2D eigenvalue weighted by Crippen LogP contribution is -2.16. The number of fused-ring (bicyclic) bond motifs is 2. The van der Waals surface area contributed by atoms with Crippen molar-refractivity contribution in [2.75, 3.05) is 7.11 Å². The van der Waals surface area contributed by atoms with Crippen molar-refractivity contribution in [2.45, 2.75) is 6.92 Å². The number of aromatic amines is 1. The first-order chi connectivity index (χ1) is 15.9. The van der Waals surface area contributed by atoms with Crippen LogP contribution in [0.3, 0.4) is 0 Å². The molecule has 0 aliphatic rings. The van der Waals surface area contributed by atoms with E-state index in [1.54, 1.807) is 19.1 Å². The van der Waals surface area contributed by atoms with Gasteiger partial charge in [0.1, 0.15) is 45.5 Å². The van der Waals surface area contributed by atoms with Crippen molar-refractivity contribution in [2.24, 2.45) is 0 Å². The number of ether oxygens (including phenoxy) is 1. The molecule has 0 bridgehead atoms. The summed E-state index contributed by atoms with van der Waals surface area (Å²) in [6, 6.07) is 12.1. The molecule has 0 unspecified atom stereocenters. The Morgan fingerprint density at radius 1 is 1.09 bits per heavy atom. The topological polar surface area (TPSA) is 109 Å². The predicted octanol–water partition coefficient (Wildman–Crippen LogP) is 4.89. The third kappa shape index (κ3) is 3.10. The summed E-state index contributed by atoms with van der Waals surface area (Å²) in [5.41, 5.74) is 0.549. The molecule has 0 fully saturated rings. The van der Waals surface area contributed by atoms with Crippen LogP contribution in [0.4, 0.5) is 4.39 Å². The van der Waals surface area contributed by atoms with E-state index >= 15 is 0 Å². The zero-order valence-corrected chi connectivity index (χ0v) is 17.5. The molecule has 0 aliphatic heterocycles. The van der Waals surface area contributed by atoms with Gasteiger partial charge in [0.2, 0.25) is 5.43 Å². The molecule has 5 rings (SSSR count). The smallest absolute Gasteiger partial charge is 0.266 e. The molecule has 33 heavy (non-hydrogen) atoms. The molecule has 7 nitrogen and oxygen atoms in total. The molecule has 0 saturated carbocycles. The number of aromatic nitrogens is 1. The van der Waals surface area contributed by atoms with Gasteiger partial charge in [-0.2, -0.15) is 5.26 Å². The number of rotatable bonds is 3. The van der Waals surface area contributed by atoms with E-state index in [9.17, 15) is 19.2 Å². The summed E-state index contributed by atoms with van der Waals surface area (Å²) in [4.78, 5) is 29.0. The third-order valence-electron chi connectivity index (χ3n) is 5.52. The number of nitriles is 1. The predicted molar refractivity (Wildman–Crippen MR) is 120 cm³/mol. The first-order valence-corrected chi connectivity index (χ1v) is 9.88. The van der Waals surface area contributed by atoms with E-state index in [1.807, 2.05) is 6.07 Å². The van der Waals surface area contributed by atoms with Crippen LogP contribution in [0.2, 0.25) is 0 Å². The van der Waals surface area contributed by atoms with Crippen LogP contribution in [0, 0.1) is 24.1 Å². The molecule has 162 valence electrons. The van der Waals surface area contributed by atoms with Gasteiger partial charge < -0.3 is 18.6 Å². The Labute approximate surface area is 185 Å². The molecule has 8 heteroatoms. The maximum absolute atomic E-state index is 13.6. The normalized spacial score (nSPS) is 11.1. The SMILES string of the molecule is COc1c2ccoc2cc2oc(C)c(-c3cc(-c4ccc(F)cc4)c(C#N)c(=O)[nH]3)c(=O)c12. The van der Waals surface area contributed by atoms with Gasteiger partial charge in [0, 0.05) is 11.6 Å². The molecule has 0 saturated heterocycles. The lowest BCUT2D eigenvalue weighted by atomic mass is 9.98. The molecular formula is C25H15FN2O5. The minimum atomic E-state index is -0.675. The Morgan fingerprint density at radius 3 is 2.55 bits per heavy atom. The molecule has 0 spiro atoms. The quantitative estimate of drug-likeness (QED) is 0.426. The first-order valence-electron chi connectivity index (χ1n) is 9.88. The first kappa shape index (κ1) is 20.3. The number of aryl methyl sites for hydroxylation is 1. The average molecular weight is 442 g/mol. The summed E-state index contributed by atoms with van der Waals surface area (Å²) in [5.74, 6) is 0.0952. The Balaban J connectivity index is 1.85. The fourth-order valence-electron chi connectivity index (χ4n) is 4.04. The van der Waals surface area contributed by atoms with Crippen LogP contribution >= 0.6 is 0 Å². The third-order valence-corrected chi connectivity index (χ3v) is 5.52. The summed E-state index contributed by atoms with van der Waals surface area (Å²) < 4.78 is 30.3. The number of furan rings is 1. The molecular weight excluding hydrogens is 427 g/mol. The van der Waals surface area contributed by atoms with E-state index in [4.69, 9.17) is 13.6 Å². The van der Waals surface area contributed by atoms with E-state index in [0.29, 0.717) is 22.3 Å². The van der Waals surface area contributed by atoms with E-state index < -0.39 is 16.8 Å². The number of hydrogen-bond acceptors (Lipinski definition) is 6. The van der Waals surface area contributed by atoms with Crippen LogP contribution in [0.1, 0.15) is 11.3 Å². The maximum atomic E-state index is 13.6. The van der Waals surface area contributed by atoms with Crippen molar-refractivity contribution in [1.82, 2.24) is 4.98 Å².